The predicted octanol–water partition coefficient (Wildman–Crippen LogP) is 4.63. The van der Waals surface area contributed by atoms with Crippen LogP contribution in [0.5, 0.6) is 5.75 Å². The van der Waals surface area contributed by atoms with Crippen molar-refractivity contribution < 1.29 is 9.53 Å². The van der Waals surface area contributed by atoms with Gasteiger partial charge in [0.1, 0.15) is 5.75 Å². The summed E-state index contributed by atoms with van der Waals surface area (Å²) in [5.74, 6) is 3.26. The highest BCUT2D eigenvalue weighted by Gasteiger charge is 2.52. The molecule has 4 nitrogen and oxygen atoms in total. The highest BCUT2D eigenvalue weighted by molar-refractivity contribution is 7.13. The number of thiazole rings is 1. The summed E-state index contributed by atoms with van der Waals surface area (Å²) < 4.78 is 5.51. The molecule has 0 atom stereocenters. The number of hydrogen-bond donors (Lipinski definition) is 1. The number of carbonyl (C=O) groups excluding carboxylic acids is 1. The van der Waals surface area contributed by atoms with Crippen LogP contribution in [0.3, 0.4) is 0 Å². The molecule has 4 bridgehead atoms. The third-order valence-corrected chi connectivity index (χ3v) is 7.20. The summed E-state index contributed by atoms with van der Waals surface area (Å²) in [4.78, 5) is 17.0. The molecule has 26 heavy (non-hydrogen) atoms. The van der Waals surface area contributed by atoms with E-state index in [-0.39, 0.29) is 17.9 Å². The second-order valence-corrected chi connectivity index (χ2v) is 9.24. The van der Waals surface area contributed by atoms with E-state index in [0.717, 1.165) is 17.8 Å². The van der Waals surface area contributed by atoms with Crippen molar-refractivity contribution in [2.45, 2.75) is 43.9 Å². The monoisotopic (exact) mass is 368 g/mol. The standard InChI is InChI=1S/C21H24N2O2S/c24-19(12-25-17-4-2-1-3-5-17)23-20-22-18(13-26-20)21-9-14-6-15(10-21)8-16(7-14)11-21/h1-5,13-16H,6-12H2,(H,22,23,24). The third-order valence-electron chi connectivity index (χ3n) is 6.45. The Hall–Kier alpha value is -1.88. The number of anilines is 1. The molecule has 1 heterocycles. The summed E-state index contributed by atoms with van der Waals surface area (Å²) in [6.07, 6.45) is 8.20. The van der Waals surface area contributed by atoms with E-state index in [1.165, 1.54) is 44.2 Å². The summed E-state index contributed by atoms with van der Waals surface area (Å²) in [6, 6.07) is 9.41. The molecule has 4 fully saturated rings. The number of amides is 1. The van der Waals surface area contributed by atoms with Gasteiger partial charge in [-0.1, -0.05) is 18.2 Å². The van der Waals surface area contributed by atoms with E-state index in [0.29, 0.717) is 10.9 Å². The molecule has 2 aromatic rings. The van der Waals surface area contributed by atoms with E-state index in [1.54, 1.807) is 11.3 Å². The number of ether oxygens (including phenoxy) is 1. The lowest BCUT2D eigenvalue weighted by atomic mass is 9.49. The zero-order valence-corrected chi connectivity index (χ0v) is 15.6. The van der Waals surface area contributed by atoms with Gasteiger partial charge in [-0.2, -0.15) is 0 Å². The van der Waals surface area contributed by atoms with Crippen LogP contribution >= 0.6 is 11.3 Å². The minimum atomic E-state index is -0.153. The van der Waals surface area contributed by atoms with Gasteiger partial charge in [0.15, 0.2) is 11.7 Å². The molecule has 1 aromatic carbocycles. The summed E-state index contributed by atoms with van der Waals surface area (Å²) in [5.41, 5.74) is 1.51. The van der Waals surface area contributed by atoms with Gasteiger partial charge in [0.05, 0.1) is 5.69 Å². The lowest BCUT2D eigenvalue weighted by Crippen LogP contribution is -2.48. The molecule has 0 unspecified atom stereocenters. The van der Waals surface area contributed by atoms with E-state index in [9.17, 15) is 4.79 Å². The van der Waals surface area contributed by atoms with Crippen LogP contribution in [0.15, 0.2) is 35.7 Å². The van der Waals surface area contributed by atoms with E-state index in [1.807, 2.05) is 30.3 Å². The Bertz CT molecular complexity index is 766. The molecule has 1 aromatic heterocycles. The predicted molar refractivity (Wildman–Crippen MR) is 103 cm³/mol. The van der Waals surface area contributed by atoms with Gasteiger partial charge in [-0.25, -0.2) is 4.98 Å². The van der Waals surface area contributed by atoms with Crippen molar-refractivity contribution in [2.24, 2.45) is 17.8 Å². The molecule has 6 rings (SSSR count). The van der Waals surface area contributed by atoms with E-state index in [4.69, 9.17) is 9.72 Å². The Kier molecular flexibility index (Phi) is 4.00. The van der Waals surface area contributed by atoms with Gasteiger partial charge in [0.25, 0.3) is 5.91 Å². The van der Waals surface area contributed by atoms with Crippen LogP contribution in [0.4, 0.5) is 5.13 Å². The number of benzene rings is 1. The average Bonchev–Trinajstić information content (AvgIpc) is 3.09. The lowest BCUT2D eigenvalue weighted by molar-refractivity contribution is -0.118. The fourth-order valence-corrected chi connectivity index (χ4v) is 6.67. The van der Waals surface area contributed by atoms with Gasteiger partial charge in [-0.15, -0.1) is 11.3 Å². The van der Waals surface area contributed by atoms with Crippen LogP contribution < -0.4 is 10.1 Å². The maximum atomic E-state index is 12.2. The fourth-order valence-electron chi connectivity index (χ4n) is 5.82. The molecule has 4 saturated carbocycles. The first-order chi connectivity index (χ1) is 12.7. The minimum absolute atomic E-state index is 0.0102. The Morgan fingerprint density at radius 2 is 1.77 bits per heavy atom. The Morgan fingerprint density at radius 1 is 1.12 bits per heavy atom. The molecule has 4 aliphatic carbocycles. The number of nitrogens with one attached hydrogen (secondary N) is 1. The molecule has 5 heteroatoms. The van der Waals surface area contributed by atoms with Crippen LogP contribution in [0.1, 0.15) is 44.2 Å². The summed E-state index contributed by atoms with van der Waals surface area (Å²) in [7, 11) is 0. The highest BCUT2D eigenvalue weighted by Crippen LogP contribution is 2.60. The first kappa shape index (κ1) is 16.3. The van der Waals surface area contributed by atoms with Crippen LogP contribution in [0.2, 0.25) is 0 Å². The molecule has 0 saturated heterocycles. The van der Waals surface area contributed by atoms with Gasteiger partial charge in [0.2, 0.25) is 0 Å². The third kappa shape index (κ3) is 3.02. The van der Waals surface area contributed by atoms with Gasteiger partial charge < -0.3 is 4.74 Å². The lowest BCUT2D eigenvalue weighted by Gasteiger charge is -2.56. The smallest absolute Gasteiger partial charge is 0.264 e. The number of aromatic nitrogens is 1. The number of rotatable bonds is 5. The van der Waals surface area contributed by atoms with E-state index in [2.05, 4.69) is 10.7 Å². The van der Waals surface area contributed by atoms with Crippen molar-refractivity contribution in [3.63, 3.8) is 0 Å². The van der Waals surface area contributed by atoms with Crippen molar-refractivity contribution >= 4 is 22.4 Å². The second-order valence-electron chi connectivity index (χ2n) is 8.39. The maximum absolute atomic E-state index is 12.2. The normalized spacial score (nSPS) is 31.8. The van der Waals surface area contributed by atoms with Crippen molar-refractivity contribution in [1.82, 2.24) is 4.98 Å². The number of para-hydroxylation sites is 1. The molecule has 136 valence electrons. The van der Waals surface area contributed by atoms with Crippen LogP contribution in [-0.4, -0.2) is 17.5 Å². The molecule has 0 spiro atoms. The zero-order chi connectivity index (χ0) is 17.6. The van der Waals surface area contributed by atoms with Gasteiger partial charge in [-0.3, -0.25) is 10.1 Å². The number of nitrogens with zero attached hydrogens (tertiary/aromatic N) is 1. The topological polar surface area (TPSA) is 51.2 Å². The minimum Gasteiger partial charge on any atom is -0.484 e. The van der Waals surface area contributed by atoms with Crippen molar-refractivity contribution in [3.8, 4) is 5.75 Å². The van der Waals surface area contributed by atoms with E-state index >= 15 is 0 Å². The van der Waals surface area contributed by atoms with Crippen molar-refractivity contribution in [2.75, 3.05) is 11.9 Å². The van der Waals surface area contributed by atoms with Crippen LogP contribution in [-0.2, 0) is 10.2 Å². The van der Waals surface area contributed by atoms with Crippen LogP contribution in [0, 0.1) is 17.8 Å². The molecular weight excluding hydrogens is 344 g/mol. The van der Waals surface area contributed by atoms with Gasteiger partial charge >= 0.3 is 0 Å². The fraction of sp³-hybridized carbons (Fsp3) is 0.524. The molecule has 4 aliphatic rings. The Balaban J connectivity index is 1.24. The Labute approximate surface area is 158 Å². The zero-order valence-electron chi connectivity index (χ0n) is 14.8. The largest absolute Gasteiger partial charge is 0.484 e. The van der Waals surface area contributed by atoms with Crippen molar-refractivity contribution in [1.29, 1.82) is 0 Å². The Morgan fingerprint density at radius 3 is 2.42 bits per heavy atom. The molecule has 0 aliphatic heterocycles. The average molecular weight is 369 g/mol. The van der Waals surface area contributed by atoms with Gasteiger partial charge in [-0.05, 0) is 68.4 Å². The first-order valence-corrected chi connectivity index (χ1v) is 10.5. The molecular formula is C21H24N2O2S. The SMILES string of the molecule is O=C(COc1ccccc1)Nc1nc(C23CC4CC(CC(C4)C2)C3)cs1. The van der Waals surface area contributed by atoms with Crippen molar-refractivity contribution in [3.05, 3.63) is 41.4 Å². The van der Waals surface area contributed by atoms with E-state index < -0.39 is 0 Å². The quantitative estimate of drug-likeness (QED) is 0.837. The second kappa shape index (κ2) is 6.38. The summed E-state index contributed by atoms with van der Waals surface area (Å²) in [5, 5.41) is 5.80. The number of carbonyl (C=O) groups is 1. The van der Waals surface area contributed by atoms with Gasteiger partial charge in [0, 0.05) is 10.8 Å². The highest BCUT2D eigenvalue weighted by atomic mass is 32.1. The first-order valence-electron chi connectivity index (χ1n) is 9.62. The molecule has 1 amide bonds. The summed E-state index contributed by atoms with van der Waals surface area (Å²) in [6.45, 7) is 0.0102. The molecule has 1 N–H and O–H groups in total. The number of hydrogen-bond acceptors (Lipinski definition) is 4. The molecule has 0 radical (unpaired) electrons. The van der Waals surface area contributed by atoms with Crippen LogP contribution in [0.25, 0.3) is 0 Å². The summed E-state index contributed by atoms with van der Waals surface area (Å²) >= 11 is 1.55. The maximum Gasteiger partial charge on any atom is 0.264 e.